The van der Waals surface area contributed by atoms with Gasteiger partial charge in [0.2, 0.25) is 0 Å². The van der Waals surface area contributed by atoms with E-state index >= 15 is 0 Å². The van der Waals surface area contributed by atoms with Gasteiger partial charge in [0.05, 0.1) is 0 Å². The van der Waals surface area contributed by atoms with E-state index in [-0.39, 0.29) is 13.2 Å². The Balaban J connectivity index is 3.89. The summed E-state index contributed by atoms with van der Waals surface area (Å²) < 4.78 is 24.6. The lowest BCUT2D eigenvalue weighted by molar-refractivity contribution is -0.143. The second-order valence-corrected chi connectivity index (χ2v) is 4.12. The molecule has 17 heavy (non-hydrogen) atoms. The SMILES string of the molecule is CCCCCCCN(CCCO)C(=O)C(F)F. The van der Waals surface area contributed by atoms with Crippen molar-refractivity contribution in [2.45, 2.75) is 51.9 Å². The number of carbonyl (C=O) groups is 1. The molecule has 0 heterocycles. The monoisotopic (exact) mass is 251 g/mol. The molecule has 0 aliphatic heterocycles. The first-order chi connectivity index (χ1) is 8.13. The van der Waals surface area contributed by atoms with E-state index in [1.165, 1.54) is 0 Å². The van der Waals surface area contributed by atoms with Gasteiger partial charge in [-0.1, -0.05) is 32.6 Å². The highest BCUT2D eigenvalue weighted by Crippen LogP contribution is 2.07. The Kier molecular flexibility index (Phi) is 10.0. The summed E-state index contributed by atoms with van der Waals surface area (Å²) in [7, 11) is 0. The molecule has 102 valence electrons. The fourth-order valence-electron chi connectivity index (χ4n) is 1.64. The van der Waals surface area contributed by atoms with Gasteiger partial charge < -0.3 is 10.0 Å². The molecule has 0 unspecified atom stereocenters. The molecule has 0 rings (SSSR count). The molecule has 0 bridgehead atoms. The molecular weight excluding hydrogens is 228 g/mol. The molecule has 1 N–H and O–H groups in total. The zero-order valence-electron chi connectivity index (χ0n) is 10.5. The number of aliphatic hydroxyl groups excluding tert-OH is 1. The standard InChI is InChI=1S/C12H23F2NO2/c1-2-3-4-5-6-8-15(9-7-10-16)12(17)11(13)14/h11,16H,2-10H2,1H3. The van der Waals surface area contributed by atoms with Crippen molar-refractivity contribution >= 4 is 5.91 Å². The Morgan fingerprint density at radius 3 is 2.24 bits per heavy atom. The molecule has 5 heteroatoms. The van der Waals surface area contributed by atoms with Crippen molar-refractivity contribution < 1.29 is 18.7 Å². The van der Waals surface area contributed by atoms with E-state index in [1.807, 2.05) is 0 Å². The Morgan fingerprint density at radius 2 is 1.71 bits per heavy atom. The number of halogens is 2. The molecule has 0 aliphatic carbocycles. The molecular formula is C12H23F2NO2. The number of rotatable bonds is 10. The van der Waals surface area contributed by atoms with Crippen LogP contribution in [0.4, 0.5) is 8.78 Å². The van der Waals surface area contributed by atoms with Gasteiger partial charge in [-0.3, -0.25) is 4.79 Å². The smallest absolute Gasteiger partial charge is 0.315 e. The lowest BCUT2D eigenvalue weighted by Crippen LogP contribution is -2.37. The molecule has 0 aromatic heterocycles. The van der Waals surface area contributed by atoms with E-state index in [2.05, 4.69) is 6.92 Å². The van der Waals surface area contributed by atoms with Crippen LogP contribution in [0.25, 0.3) is 0 Å². The van der Waals surface area contributed by atoms with Crippen LogP contribution in [0.15, 0.2) is 0 Å². The van der Waals surface area contributed by atoms with Gasteiger partial charge in [0.1, 0.15) is 0 Å². The Morgan fingerprint density at radius 1 is 1.12 bits per heavy atom. The van der Waals surface area contributed by atoms with Gasteiger partial charge in [0.15, 0.2) is 0 Å². The molecule has 0 atom stereocenters. The van der Waals surface area contributed by atoms with Crippen LogP contribution in [-0.4, -0.2) is 42.0 Å². The molecule has 0 spiro atoms. The second kappa shape index (κ2) is 10.4. The number of aliphatic hydroxyl groups is 1. The fourth-order valence-corrected chi connectivity index (χ4v) is 1.64. The first kappa shape index (κ1) is 16.3. The lowest BCUT2D eigenvalue weighted by atomic mass is 10.1. The minimum Gasteiger partial charge on any atom is -0.396 e. The normalized spacial score (nSPS) is 10.9. The fraction of sp³-hybridized carbons (Fsp3) is 0.917. The molecule has 0 fully saturated rings. The van der Waals surface area contributed by atoms with Crippen LogP contribution < -0.4 is 0 Å². The molecule has 0 saturated heterocycles. The van der Waals surface area contributed by atoms with Crippen molar-refractivity contribution in [1.82, 2.24) is 4.90 Å². The zero-order chi connectivity index (χ0) is 13.1. The topological polar surface area (TPSA) is 40.5 Å². The molecule has 3 nitrogen and oxygen atoms in total. The summed E-state index contributed by atoms with van der Waals surface area (Å²) >= 11 is 0. The van der Waals surface area contributed by atoms with Gasteiger partial charge in [0.25, 0.3) is 5.91 Å². The number of amides is 1. The van der Waals surface area contributed by atoms with Crippen LogP contribution in [0.5, 0.6) is 0 Å². The van der Waals surface area contributed by atoms with Gasteiger partial charge in [-0.15, -0.1) is 0 Å². The van der Waals surface area contributed by atoms with Crippen LogP contribution in [0.2, 0.25) is 0 Å². The van der Waals surface area contributed by atoms with Crippen LogP contribution >= 0.6 is 0 Å². The third-order valence-electron chi connectivity index (χ3n) is 2.62. The molecule has 0 radical (unpaired) electrons. The summed E-state index contributed by atoms with van der Waals surface area (Å²) in [5.74, 6) is -1.12. The first-order valence-corrected chi connectivity index (χ1v) is 6.31. The van der Waals surface area contributed by atoms with Crippen molar-refractivity contribution in [1.29, 1.82) is 0 Å². The van der Waals surface area contributed by atoms with E-state index in [4.69, 9.17) is 5.11 Å². The quantitative estimate of drug-likeness (QED) is 0.606. The summed E-state index contributed by atoms with van der Waals surface area (Å²) in [6, 6.07) is 0. The number of hydrogen-bond acceptors (Lipinski definition) is 2. The van der Waals surface area contributed by atoms with Gasteiger partial charge >= 0.3 is 6.43 Å². The van der Waals surface area contributed by atoms with E-state index in [9.17, 15) is 13.6 Å². The highest BCUT2D eigenvalue weighted by atomic mass is 19.3. The third kappa shape index (κ3) is 8.07. The van der Waals surface area contributed by atoms with Crippen LogP contribution in [0, 0.1) is 0 Å². The summed E-state index contributed by atoms with van der Waals surface area (Å²) in [5, 5.41) is 8.65. The van der Waals surface area contributed by atoms with Gasteiger partial charge in [-0.25, -0.2) is 0 Å². The highest BCUT2D eigenvalue weighted by molar-refractivity contribution is 5.79. The van der Waals surface area contributed by atoms with Crippen LogP contribution in [0.1, 0.15) is 45.4 Å². The van der Waals surface area contributed by atoms with Crippen molar-refractivity contribution in [2.75, 3.05) is 19.7 Å². The van der Waals surface area contributed by atoms with Gasteiger partial charge in [0, 0.05) is 19.7 Å². The average Bonchev–Trinajstić information content (AvgIpc) is 2.31. The maximum atomic E-state index is 12.3. The zero-order valence-corrected chi connectivity index (χ0v) is 10.5. The summed E-state index contributed by atoms with van der Waals surface area (Å²) in [6.07, 6.45) is 2.47. The lowest BCUT2D eigenvalue weighted by Gasteiger charge is -2.21. The largest absolute Gasteiger partial charge is 0.396 e. The minimum atomic E-state index is -2.94. The van der Waals surface area contributed by atoms with Crippen molar-refractivity contribution in [3.63, 3.8) is 0 Å². The van der Waals surface area contributed by atoms with E-state index in [0.29, 0.717) is 13.0 Å². The molecule has 0 aromatic carbocycles. The predicted molar refractivity (Wildman–Crippen MR) is 63.0 cm³/mol. The summed E-state index contributed by atoms with van der Waals surface area (Å²) in [6.45, 7) is 2.61. The molecule has 0 aliphatic rings. The van der Waals surface area contributed by atoms with Crippen LogP contribution in [0.3, 0.4) is 0 Å². The molecule has 0 aromatic rings. The number of unbranched alkanes of at least 4 members (excludes halogenated alkanes) is 4. The van der Waals surface area contributed by atoms with Crippen molar-refractivity contribution in [3.8, 4) is 0 Å². The van der Waals surface area contributed by atoms with E-state index in [0.717, 1.165) is 37.0 Å². The number of hydrogen-bond donors (Lipinski definition) is 1. The maximum Gasteiger partial charge on any atom is 0.315 e. The minimum absolute atomic E-state index is 0.0805. The first-order valence-electron chi connectivity index (χ1n) is 6.31. The average molecular weight is 251 g/mol. The van der Waals surface area contributed by atoms with Crippen LogP contribution in [-0.2, 0) is 4.79 Å². The Labute approximate surface area is 102 Å². The molecule has 0 saturated carbocycles. The highest BCUT2D eigenvalue weighted by Gasteiger charge is 2.22. The predicted octanol–water partition coefficient (Wildman–Crippen LogP) is 2.43. The number of alkyl halides is 2. The van der Waals surface area contributed by atoms with Gasteiger partial charge in [-0.2, -0.15) is 8.78 Å². The molecule has 1 amide bonds. The Hall–Kier alpha value is -0.710. The van der Waals surface area contributed by atoms with E-state index in [1.54, 1.807) is 0 Å². The van der Waals surface area contributed by atoms with E-state index < -0.39 is 12.3 Å². The number of carbonyl (C=O) groups excluding carboxylic acids is 1. The van der Waals surface area contributed by atoms with Gasteiger partial charge in [-0.05, 0) is 12.8 Å². The summed E-state index contributed by atoms with van der Waals surface area (Å²) in [5.41, 5.74) is 0. The van der Waals surface area contributed by atoms with Crippen molar-refractivity contribution in [3.05, 3.63) is 0 Å². The number of nitrogens with zero attached hydrogens (tertiary/aromatic N) is 1. The summed E-state index contributed by atoms with van der Waals surface area (Å²) in [4.78, 5) is 12.3. The van der Waals surface area contributed by atoms with Crippen molar-refractivity contribution in [2.24, 2.45) is 0 Å². The second-order valence-electron chi connectivity index (χ2n) is 4.12. The third-order valence-corrected chi connectivity index (χ3v) is 2.62. The maximum absolute atomic E-state index is 12.3. The Bertz CT molecular complexity index is 201.